The van der Waals surface area contributed by atoms with Gasteiger partial charge in [-0.1, -0.05) is 37.1 Å². The number of carbonyl (C=O) groups is 2. The molecule has 3 fully saturated rings. The van der Waals surface area contributed by atoms with E-state index in [4.69, 9.17) is 4.98 Å². The van der Waals surface area contributed by atoms with Crippen LogP contribution in [0, 0.1) is 34.5 Å². The van der Waals surface area contributed by atoms with Crippen molar-refractivity contribution in [3.8, 4) is 0 Å². The predicted molar refractivity (Wildman–Crippen MR) is 190 cm³/mol. The number of hydrogen-bond donors (Lipinski definition) is 0. The Labute approximate surface area is 277 Å². The second-order valence-electron chi connectivity index (χ2n) is 15.0. The first-order chi connectivity index (χ1) is 22.1. The molecule has 0 N–H and O–H groups in total. The van der Waals surface area contributed by atoms with E-state index < -0.39 is 0 Å². The Morgan fingerprint density at radius 1 is 1.00 bits per heavy atom. The van der Waals surface area contributed by atoms with E-state index in [2.05, 4.69) is 92.4 Å². The summed E-state index contributed by atoms with van der Waals surface area (Å²) in [5.41, 5.74) is 3.89. The molecule has 7 heteroatoms. The van der Waals surface area contributed by atoms with Gasteiger partial charge in [-0.05, 0) is 108 Å². The highest BCUT2D eigenvalue weighted by molar-refractivity contribution is 6.01. The average Bonchev–Trinajstić information content (AvgIpc) is 3.33. The van der Waals surface area contributed by atoms with Crippen LogP contribution in [0.1, 0.15) is 74.1 Å². The van der Waals surface area contributed by atoms with Crippen molar-refractivity contribution in [2.45, 2.75) is 74.1 Å². The van der Waals surface area contributed by atoms with E-state index in [1.54, 1.807) is 6.08 Å². The normalized spacial score (nSPS) is 32.3. The van der Waals surface area contributed by atoms with Gasteiger partial charge in [-0.3, -0.25) is 14.5 Å². The molecule has 6 atom stereocenters. The van der Waals surface area contributed by atoms with Gasteiger partial charge in [0.05, 0.1) is 12.2 Å². The number of pyridine rings is 1. The topological polar surface area (TPSA) is 60.0 Å². The maximum absolute atomic E-state index is 14.2. The highest BCUT2D eigenvalue weighted by Gasteiger charge is 2.59. The molecule has 0 bridgehead atoms. The maximum atomic E-state index is 14.2. The van der Waals surface area contributed by atoms with Gasteiger partial charge in [0, 0.05) is 63.7 Å². The number of rotatable bonds is 10. The second-order valence-corrected chi connectivity index (χ2v) is 15.0. The van der Waals surface area contributed by atoms with Crippen molar-refractivity contribution in [3.05, 3.63) is 47.6 Å². The Morgan fingerprint density at radius 2 is 1.70 bits per heavy atom. The first-order valence-electron chi connectivity index (χ1n) is 18.2. The lowest BCUT2D eigenvalue weighted by Gasteiger charge is -2.52. The minimum absolute atomic E-state index is 0.00955. The number of allylic oxidation sites excluding steroid dienone is 6. The molecular weight excluding hydrogens is 570 g/mol. The molecular formula is C39H57N5O2. The van der Waals surface area contributed by atoms with Crippen LogP contribution in [0.15, 0.2) is 47.6 Å². The Hall–Kier alpha value is -2.93. The van der Waals surface area contributed by atoms with Crippen LogP contribution in [0.3, 0.4) is 0 Å². The standard InChI is InChI=1S/C39H57N5O2/c1-8-42(9-2)33-14-15-35(40-37(33)43(10-3)11-4)44-22-20-41(21-23-44)26-34(46)36-27(5)24-32-30-13-12-28-25-29(45)16-18-38(28,6)31(30)17-19-39(32,36)7/h14-18,25,27,30,32,36H,8-13,19-24,26H2,1-7H3/t27?,30-,32+,36-,38+,39+/m1/s1. The van der Waals surface area contributed by atoms with E-state index in [1.807, 2.05) is 6.08 Å². The highest BCUT2D eigenvalue weighted by Crippen LogP contribution is 2.65. The van der Waals surface area contributed by atoms with Crippen molar-refractivity contribution in [2.24, 2.45) is 34.5 Å². The first-order valence-corrected chi connectivity index (χ1v) is 18.2. The zero-order valence-electron chi connectivity index (χ0n) is 29.5. The molecule has 1 unspecified atom stereocenters. The van der Waals surface area contributed by atoms with Crippen LogP contribution >= 0.6 is 0 Å². The molecule has 0 amide bonds. The fourth-order valence-corrected chi connectivity index (χ4v) is 10.2. The van der Waals surface area contributed by atoms with Crippen molar-refractivity contribution in [3.63, 3.8) is 0 Å². The van der Waals surface area contributed by atoms with Gasteiger partial charge in [-0.25, -0.2) is 4.98 Å². The van der Waals surface area contributed by atoms with Gasteiger partial charge >= 0.3 is 0 Å². The number of anilines is 3. The Kier molecular flexibility index (Phi) is 9.28. The molecule has 0 spiro atoms. The van der Waals surface area contributed by atoms with E-state index in [-0.39, 0.29) is 22.5 Å². The van der Waals surface area contributed by atoms with Crippen LogP contribution in [0.4, 0.5) is 17.3 Å². The van der Waals surface area contributed by atoms with Gasteiger partial charge in [0.1, 0.15) is 5.82 Å². The van der Waals surface area contributed by atoms with E-state index in [9.17, 15) is 9.59 Å². The number of carbonyl (C=O) groups excluding carboxylic acids is 2. The molecule has 1 aliphatic heterocycles. The van der Waals surface area contributed by atoms with Gasteiger partial charge in [-0.15, -0.1) is 0 Å². The van der Waals surface area contributed by atoms with E-state index in [0.29, 0.717) is 30.1 Å². The molecule has 2 heterocycles. The summed E-state index contributed by atoms with van der Waals surface area (Å²) in [5.74, 6) is 4.24. The minimum Gasteiger partial charge on any atom is -0.369 e. The molecule has 4 aliphatic carbocycles. The lowest BCUT2D eigenvalue weighted by molar-refractivity contribution is -0.129. The number of fused-ring (bicyclic) bond motifs is 5. The summed E-state index contributed by atoms with van der Waals surface area (Å²) in [7, 11) is 0. The number of piperazine rings is 1. The first kappa shape index (κ1) is 33.0. The Balaban J connectivity index is 1.13. The third-order valence-corrected chi connectivity index (χ3v) is 12.7. The molecule has 250 valence electrons. The second kappa shape index (κ2) is 12.9. The van der Waals surface area contributed by atoms with Crippen LogP contribution in [0.2, 0.25) is 0 Å². The van der Waals surface area contributed by atoms with Crippen molar-refractivity contribution in [2.75, 3.05) is 73.6 Å². The van der Waals surface area contributed by atoms with Crippen LogP contribution in [-0.2, 0) is 9.59 Å². The van der Waals surface area contributed by atoms with Crippen LogP contribution in [-0.4, -0.2) is 80.4 Å². The lowest BCUT2D eigenvalue weighted by atomic mass is 9.52. The summed E-state index contributed by atoms with van der Waals surface area (Å²) in [6, 6.07) is 4.45. The monoisotopic (exact) mass is 627 g/mol. The molecule has 46 heavy (non-hydrogen) atoms. The number of hydrogen-bond acceptors (Lipinski definition) is 7. The summed E-state index contributed by atoms with van der Waals surface area (Å²) in [6.07, 6.45) is 12.5. The fourth-order valence-electron chi connectivity index (χ4n) is 10.2. The molecule has 1 aromatic rings. The number of ketones is 2. The fraction of sp³-hybridized carbons (Fsp3) is 0.667. The third kappa shape index (κ3) is 5.54. The Bertz CT molecular complexity index is 1420. The molecule has 5 aliphatic rings. The zero-order valence-corrected chi connectivity index (χ0v) is 29.5. The van der Waals surface area contributed by atoms with E-state index >= 15 is 0 Å². The summed E-state index contributed by atoms with van der Waals surface area (Å²) < 4.78 is 0. The quantitative estimate of drug-likeness (QED) is 0.273. The summed E-state index contributed by atoms with van der Waals surface area (Å²) in [6.45, 7) is 23.8. The molecule has 0 aromatic carbocycles. The summed E-state index contributed by atoms with van der Waals surface area (Å²) in [5, 5.41) is 0. The molecule has 1 aromatic heterocycles. The molecule has 6 rings (SSSR count). The van der Waals surface area contributed by atoms with Crippen molar-refractivity contribution in [1.29, 1.82) is 0 Å². The van der Waals surface area contributed by atoms with E-state index in [0.717, 1.165) is 89.7 Å². The number of nitrogens with zero attached hydrogens (tertiary/aromatic N) is 5. The minimum atomic E-state index is -0.129. The molecule has 2 saturated carbocycles. The predicted octanol–water partition coefficient (Wildman–Crippen LogP) is 6.56. The van der Waals surface area contributed by atoms with Gasteiger partial charge in [-0.2, -0.15) is 0 Å². The maximum Gasteiger partial charge on any atom is 0.178 e. The molecule has 7 nitrogen and oxygen atoms in total. The smallest absolute Gasteiger partial charge is 0.178 e. The van der Waals surface area contributed by atoms with Gasteiger partial charge in [0.2, 0.25) is 0 Å². The van der Waals surface area contributed by atoms with Crippen molar-refractivity contribution >= 4 is 28.9 Å². The average molecular weight is 628 g/mol. The summed E-state index contributed by atoms with van der Waals surface area (Å²) in [4.78, 5) is 41.1. The van der Waals surface area contributed by atoms with Crippen LogP contribution < -0.4 is 14.7 Å². The van der Waals surface area contributed by atoms with Gasteiger partial charge < -0.3 is 14.7 Å². The van der Waals surface area contributed by atoms with Crippen molar-refractivity contribution in [1.82, 2.24) is 9.88 Å². The lowest BCUT2D eigenvalue weighted by Crippen LogP contribution is -2.51. The van der Waals surface area contributed by atoms with Crippen LogP contribution in [0.25, 0.3) is 0 Å². The molecule has 1 saturated heterocycles. The van der Waals surface area contributed by atoms with Gasteiger partial charge in [0.15, 0.2) is 17.4 Å². The summed E-state index contributed by atoms with van der Waals surface area (Å²) >= 11 is 0. The highest BCUT2D eigenvalue weighted by atomic mass is 16.1. The van der Waals surface area contributed by atoms with Gasteiger partial charge in [0.25, 0.3) is 0 Å². The molecule has 0 radical (unpaired) electrons. The largest absolute Gasteiger partial charge is 0.369 e. The van der Waals surface area contributed by atoms with Crippen LogP contribution in [0.5, 0.6) is 0 Å². The number of Topliss-reactive ketones (excluding diaryl/α,β-unsaturated/α-hetero) is 1. The zero-order chi connectivity index (χ0) is 32.8. The number of aromatic nitrogens is 1. The Morgan fingerprint density at radius 3 is 2.37 bits per heavy atom. The van der Waals surface area contributed by atoms with Crippen molar-refractivity contribution < 1.29 is 9.59 Å². The van der Waals surface area contributed by atoms with E-state index in [1.165, 1.54) is 16.8 Å². The third-order valence-electron chi connectivity index (χ3n) is 12.7. The SMILES string of the molecule is CCN(CC)c1ccc(N2CCN(CC(=O)[C@H]3C(C)C[C@H]4[C@@H]5CCC6=CC(=O)C=C[C@]6(C)C5=CC[C@]34C)CC2)nc1N(CC)CC.